The van der Waals surface area contributed by atoms with Crippen LogP contribution in [-0.4, -0.2) is 41.8 Å². The lowest BCUT2D eigenvalue weighted by Crippen LogP contribution is -2.47. The molecule has 1 aromatic rings. The first-order chi connectivity index (χ1) is 9.08. The van der Waals surface area contributed by atoms with Gasteiger partial charge in [-0.3, -0.25) is 0 Å². The molecule has 0 spiro atoms. The van der Waals surface area contributed by atoms with Crippen LogP contribution >= 0.6 is 0 Å². The molecule has 0 radical (unpaired) electrons. The maximum atomic E-state index is 12.0. The van der Waals surface area contributed by atoms with E-state index in [2.05, 4.69) is 10.0 Å². The molecule has 1 aliphatic rings. The predicted molar refractivity (Wildman–Crippen MR) is 70.3 cm³/mol. The highest BCUT2D eigenvalue weighted by atomic mass is 32.2. The zero-order chi connectivity index (χ0) is 13.8. The van der Waals surface area contributed by atoms with E-state index in [-0.39, 0.29) is 10.5 Å². The third-order valence-electron chi connectivity index (χ3n) is 3.51. The molecular formula is C12H20N2O4S. The zero-order valence-electron chi connectivity index (χ0n) is 11.0. The lowest BCUT2D eigenvalue weighted by Gasteiger charge is -2.36. The number of nitrogens with one attached hydrogen (secondary N) is 2. The van der Waals surface area contributed by atoms with E-state index in [0.717, 1.165) is 25.9 Å². The highest BCUT2D eigenvalue weighted by Crippen LogP contribution is 2.28. The lowest BCUT2D eigenvalue weighted by molar-refractivity contribution is 0.0576. The van der Waals surface area contributed by atoms with E-state index in [1.807, 2.05) is 0 Å². The Hall–Kier alpha value is -0.890. The Morgan fingerprint density at radius 1 is 1.47 bits per heavy atom. The van der Waals surface area contributed by atoms with Gasteiger partial charge in [-0.1, -0.05) is 0 Å². The largest absolute Gasteiger partial charge is 0.452 e. The molecule has 1 saturated heterocycles. The Balaban J connectivity index is 2.03. The van der Waals surface area contributed by atoms with Crippen LogP contribution < -0.4 is 10.0 Å². The minimum atomic E-state index is -3.57. The van der Waals surface area contributed by atoms with Crippen molar-refractivity contribution in [3.8, 4) is 0 Å². The van der Waals surface area contributed by atoms with Crippen molar-refractivity contribution in [3.63, 3.8) is 0 Å². The lowest BCUT2D eigenvalue weighted by atomic mass is 9.80. The number of ether oxygens (including phenoxy) is 1. The summed E-state index contributed by atoms with van der Waals surface area (Å²) in [5.74, 6) is 0. The number of hydrogen-bond acceptors (Lipinski definition) is 5. The quantitative estimate of drug-likeness (QED) is 0.800. The topological polar surface area (TPSA) is 80.6 Å². The second-order valence-corrected chi connectivity index (χ2v) is 6.64. The molecule has 1 fully saturated rings. The van der Waals surface area contributed by atoms with E-state index in [9.17, 15) is 8.42 Å². The zero-order valence-corrected chi connectivity index (χ0v) is 11.8. The highest BCUT2D eigenvalue weighted by molar-refractivity contribution is 7.89. The van der Waals surface area contributed by atoms with Gasteiger partial charge in [0.15, 0.2) is 0 Å². The molecule has 108 valence electrons. The second-order valence-electron chi connectivity index (χ2n) is 4.94. The van der Waals surface area contributed by atoms with Gasteiger partial charge in [0.1, 0.15) is 0 Å². The Kier molecular flexibility index (Phi) is 4.62. The van der Waals surface area contributed by atoms with Crippen LogP contribution in [0.2, 0.25) is 0 Å². The van der Waals surface area contributed by atoms with Gasteiger partial charge < -0.3 is 14.5 Å². The smallest absolute Gasteiger partial charge is 0.273 e. The minimum Gasteiger partial charge on any atom is -0.452 e. The number of methoxy groups -OCH3 is 1. The van der Waals surface area contributed by atoms with Crippen LogP contribution in [0.5, 0.6) is 0 Å². The summed E-state index contributed by atoms with van der Waals surface area (Å²) in [7, 11) is -1.92. The first-order valence-corrected chi connectivity index (χ1v) is 7.79. The van der Waals surface area contributed by atoms with Crippen molar-refractivity contribution in [2.45, 2.75) is 17.9 Å². The Labute approximate surface area is 113 Å². The van der Waals surface area contributed by atoms with Crippen LogP contribution in [0.15, 0.2) is 27.9 Å². The normalized spacial score (nSPS) is 19.4. The molecule has 0 amide bonds. The molecule has 0 atom stereocenters. The molecule has 0 saturated carbocycles. The van der Waals surface area contributed by atoms with E-state index >= 15 is 0 Å². The van der Waals surface area contributed by atoms with Crippen molar-refractivity contribution in [3.05, 3.63) is 18.4 Å². The summed E-state index contributed by atoms with van der Waals surface area (Å²) >= 11 is 0. The number of piperidine rings is 1. The second kappa shape index (κ2) is 6.04. The maximum absolute atomic E-state index is 12.0. The van der Waals surface area contributed by atoms with Gasteiger partial charge in [0.2, 0.25) is 5.09 Å². The molecule has 6 nitrogen and oxygen atoms in total. The van der Waals surface area contributed by atoms with Crippen molar-refractivity contribution in [2.75, 3.05) is 33.4 Å². The molecule has 0 bridgehead atoms. The molecule has 1 aromatic heterocycles. The minimum absolute atomic E-state index is 0.0472. The van der Waals surface area contributed by atoms with Crippen LogP contribution in [0.4, 0.5) is 0 Å². The summed E-state index contributed by atoms with van der Waals surface area (Å²) in [4.78, 5) is 0. The first kappa shape index (κ1) is 14.5. The fourth-order valence-corrected chi connectivity index (χ4v) is 3.45. The summed E-state index contributed by atoms with van der Waals surface area (Å²) < 4.78 is 36.9. The SMILES string of the molecule is COCC1(CNS(=O)(=O)c2ccco2)CCNCC1. The Bertz CT molecular complexity index is 472. The van der Waals surface area contributed by atoms with E-state index < -0.39 is 10.0 Å². The van der Waals surface area contributed by atoms with Crippen molar-refractivity contribution < 1.29 is 17.6 Å². The molecule has 1 aliphatic heterocycles. The maximum Gasteiger partial charge on any atom is 0.273 e. The molecule has 2 rings (SSSR count). The third kappa shape index (κ3) is 3.56. The van der Waals surface area contributed by atoms with Crippen molar-refractivity contribution in [1.29, 1.82) is 0 Å². The van der Waals surface area contributed by atoms with E-state index in [1.54, 1.807) is 13.2 Å². The highest BCUT2D eigenvalue weighted by Gasteiger charge is 2.34. The molecule has 19 heavy (non-hydrogen) atoms. The number of furan rings is 1. The van der Waals surface area contributed by atoms with Crippen LogP contribution in [0, 0.1) is 5.41 Å². The van der Waals surface area contributed by atoms with Gasteiger partial charge >= 0.3 is 0 Å². The molecule has 0 unspecified atom stereocenters. The van der Waals surface area contributed by atoms with Gasteiger partial charge in [0.25, 0.3) is 10.0 Å². The third-order valence-corrected chi connectivity index (χ3v) is 4.80. The average Bonchev–Trinajstić information content (AvgIpc) is 2.93. The van der Waals surface area contributed by atoms with Crippen molar-refractivity contribution >= 4 is 10.0 Å². The molecule has 7 heteroatoms. The van der Waals surface area contributed by atoms with Crippen molar-refractivity contribution in [2.24, 2.45) is 5.41 Å². The summed E-state index contributed by atoms with van der Waals surface area (Å²) in [6.07, 6.45) is 3.13. The van der Waals surface area contributed by atoms with Crippen LogP contribution in [0.3, 0.4) is 0 Å². The summed E-state index contributed by atoms with van der Waals surface area (Å²) in [5, 5.41) is 3.22. The Morgan fingerprint density at radius 2 is 2.21 bits per heavy atom. The van der Waals surface area contributed by atoms with Gasteiger partial charge in [-0.2, -0.15) is 0 Å². The fourth-order valence-electron chi connectivity index (χ4n) is 2.37. The van der Waals surface area contributed by atoms with E-state index in [0.29, 0.717) is 13.2 Å². The van der Waals surface area contributed by atoms with E-state index in [4.69, 9.17) is 9.15 Å². The molecule has 2 heterocycles. The van der Waals surface area contributed by atoms with Crippen molar-refractivity contribution in [1.82, 2.24) is 10.0 Å². The predicted octanol–water partition coefficient (Wildman–Crippen LogP) is 0.574. The number of sulfonamides is 1. The number of hydrogen-bond donors (Lipinski definition) is 2. The van der Waals surface area contributed by atoms with Crippen LogP contribution in [0.25, 0.3) is 0 Å². The van der Waals surface area contributed by atoms with E-state index in [1.165, 1.54) is 12.3 Å². The molecular weight excluding hydrogens is 268 g/mol. The molecule has 2 N–H and O–H groups in total. The van der Waals surface area contributed by atoms with Crippen LogP contribution in [-0.2, 0) is 14.8 Å². The molecule has 0 aromatic carbocycles. The first-order valence-electron chi connectivity index (χ1n) is 6.31. The van der Waals surface area contributed by atoms with Gasteiger partial charge in [-0.25, -0.2) is 13.1 Å². The monoisotopic (exact) mass is 288 g/mol. The van der Waals surface area contributed by atoms with Gasteiger partial charge in [-0.05, 0) is 38.1 Å². The standard InChI is InChI=1S/C12H20N2O4S/c1-17-10-12(4-6-13-7-5-12)9-14-19(15,16)11-3-2-8-18-11/h2-3,8,13-14H,4-7,9-10H2,1H3. The van der Waals surface area contributed by atoms with Gasteiger partial charge in [0.05, 0.1) is 12.9 Å². The fraction of sp³-hybridized carbons (Fsp3) is 0.667. The number of rotatable bonds is 6. The Morgan fingerprint density at radius 3 is 2.79 bits per heavy atom. The average molecular weight is 288 g/mol. The molecule has 0 aliphatic carbocycles. The summed E-state index contributed by atoms with van der Waals surface area (Å²) in [6, 6.07) is 3.00. The van der Waals surface area contributed by atoms with Gasteiger partial charge in [0, 0.05) is 19.1 Å². The van der Waals surface area contributed by atoms with Gasteiger partial charge in [-0.15, -0.1) is 0 Å². The summed E-state index contributed by atoms with van der Waals surface area (Å²) in [5.41, 5.74) is -0.139. The summed E-state index contributed by atoms with van der Waals surface area (Å²) in [6.45, 7) is 2.68. The van der Waals surface area contributed by atoms with Crippen LogP contribution in [0.1, 0.15) is 12.8 Å².